The summed E-state index contributed by atoms with van der Waals surface area (Å²) in [5, 5.41) is 9.61. The van der Waals surface area contributed by atoms with Gasteiger partial charge in [0, 0.05) is 37.8 Å². The van der Waals surface area contributed by atoms with E-state index in [0.717, 1.165) is 38.2 Å². The Kier molecular flexibility index (Phi) is 8.30. The van der Waals surface area contributed by atoms with Crippen molar-refractivity contribution in [2.45, 2.75) is 57.0 Å². The molecule has 1 aromatic heterocycles. The maximum absolute atomic E-state index is 13.3. The number of ether oxygens (including phenoxy) is 1. The van der Waals surface area contributed by atoms with Crippen LogP contribution in [-0.4, -0.2) is 67.7 Å². The van der Waals surface area contributed by atoms with E-state index in [4.69, 9.17) is 9.72 Å². The molecule has 2 aromatic rings. The lowest BCUT2D eigenvalue weighted by atomic mass is 9.93. The molecule has 39 heavy (non-hydrogen) atoms. The summed E-state index contributed by atoms with van der Waals surface area (Å²) >= 11 is 0. The van der Waals surface area contributed by atoms with Crippen LogP contribution in [0.5, 0.6) is 5.75 Å². The van der Waals surface area contributed by atoms with Crippen LogP contribution in [0.3, 0.4) is 0 Å². The van der Waals surface area contributed by atoms with Crippen LogP contribution >= 0.6 is 0 Å². The summed E-state index contributed by atoms with van der Waals surface area (Å²) in [6.45, 7) is 6.18. The van der Waals surface area contributed by atoms with Gasteiger partial charge in [0.1, 0.15) is 11.4 Å². The second-order valence-electron chi connectivity index (χ2n) is 10.7. The van der Waals surface area contributed by atoms with Crippen molar-refractivity contribution < 1.29 is 14.3 Å². The number of benzene rings is 1. The number of hydrogen-bond acceptors (Lipinski definition) is 8. The molecule has 1 saturated heterocycles. The van der Waals surface area contributed by atoms with Crippen LogP contribution in [0.25, 0.3) is 0 Å². The molecule has 2 atom stereocenters. The lowest BCUT2D eigenvalue weighted by Gasteiger charge is -2.36. The molecule has 2 amide bonds. The third kappa shape index (κ3) is 5.85. The topological polar surface area (TPSA) is 112 Å². The molecule has 1 aromatic carbocycles. The van der Waals surface area contributed by atoms with Crippen molar-refractivity contribution >= 4 is 35.0 Å². The molecule has 1 aliphatic carbocycles. The third-order valence-electron chi connectivity index (χ3n) is 8.05. The summed E-state index contributed by atoms with van der Waals surface area (Å²) in [6.07, 6.45) is 10.8. The van der Waals surface area contributed by atoms with Gasteiger partial charge in [0.2, 0.25) is 11.9 Å². The number of hydrogen-bond donors (Lipinski definition) is 3. The van der Waals surface area contributed by atoms with Crippen molar-refractivity contribution in [3.8, 4) is 5.75 Å². The van der Waals surface area contributed by atoms with Gasteiger partial charge >= 0.3 is 0 Å². The van der Waals surface area contributed by atoms with Crippen molar-refractivity contribution in [3.63, 3.8) is 0 Å². The second kappa shape index (κ2) is 12.0. The number of rotatable bonds is 8. The number of anilines is 4. The van der Waals surface area contributed by atoms with E-state index in [9.17, 15) is 9.59 Å². The molecule has 10 nitrogen and oxygen atoms in total. The molecule has 3 aliphatic rings. The minimum absolute atomic E-state index is 0.0580. The van der Waals surface area contributed by atoms with E-state index in [-0.39, 0.29) is 23.8 Å². The standard InChI is InChI=1S/C29H39N7O3/c1-4-8-20-18-36(22-9-6-5-7-10-22)26-24(35(2)28(20)38)17-31-29(34-26)33-23-12-11-19(15-25(23)39-3)27(37)32-21-13-14-30-16-21/h4,11-12,15,17,20-22,30H,1,5-10,13-14,16,18H2,2-3H3,(H,32,37)(H,31,33,34)/t20?,21-/m1/s1. The predicted molar refractivity (Wildman–Crippen MR) is 153 cm³/mol. The Morgan fingerprint density at radius 1 is 1.26 bits per heavy atom. The Labute approximate surface area is 230 Å². The monoisotopic (exact) mass is 533 g/mol. The molecular weight excluding hydrogens is 494 g/mol. The third-order valence-corrected chi connectivity index (χ3v) is 8.05. The van der Waals surface area contributed by atoms with Crippen molar-refractivity contribution in [1.82, 2.24) is 20.6 Å². The summed E-state index contributed by atoms with van der Waals surface area (Å²) in [5.41, 5.74) is 1.90. The van der Waals surface area contributed by atoms with Crippen LogP contribution in [0.2, 0.25) is 0 Å². The first-order valence-corrected chi connectivity index (χ1v) is 14.0. The molecular formula is C29H39N7O3. The van der Waals surface area contributed by atoms with Gasteiger partial charge in [0.05, 0.1) is 24.9 Å². The fraction of sp³-hybridized carbons (Fsp3) is 0.517. The fourth-order valence-corrected chi connectivity index (χ4v) is 5.86. The van der Waals surface area contributed by atoms with E-state index in [1.165, 1.54) is 19.3 Å². The van der Waals surface area contributed by atoms with Crippen LogP contribution in [0, 0.1) is 5.92 Å². The van der Waals surface area contributed by atoms with Crippen molar-refractivity contribution in [3.05, 3.63) is 42.6 Å². The van der Waals surface area contributed by atoms with Gasteiger partial charge in [-0.15, -0.1) is 6.58 Å². The molecule has 0 bridgehead atoms. The normalized spacial score (nSPS) is 21.7. The molecule has 10 heteroatoms. The molecule has 2 fully saturated rings. The highest BCUT2D eigenvalue weighted by molar-refractivity contribution is 5.99. The summed E-state index contributed by atoms with van der Waals surface area (Å²) in [5.74, 6) is 1.45. The summed E-state index contributed by atoms with van der Waals surface area (Å²) in [7, 11) is 3.37. The first-order chi connectivity index (χ1) is 19.0. The molecule has 2 aliphatic heterocycles. The Morgan fingerprint density at radius 3 is 2.79 bits per heavy atom. The first kappa shape index (κ1) is 26.9. The smallest absolute Gasteiger partial charge is 0.251 e. The number of allylic oxidation sites excluding steroid dienone is 1. The molecule has 0 spiro atoms. The zero-order valence-electron chi connectivity index (χ0n) is 22.9. The van der Waals surface area contributed by atoms with Gasteiger partial charge in [0.15, 0.2) is 5.82 Å². The van der Waals surface area contributed by atoms with Crippen LogP contribution < -0.4 is 30.5 Å². The van der Waals surface area contributed by atoms with E-state index < -0.39 is 0 Å². The zero-order chi connectivity index (χ0) is 27.4. The maximum Gasteiger partial charge on any atom is 0.251 e. The SMILES string of the molecule is C=CCC1CN(C2CCCCC2)c2nc(Nc3ccc(C(=O)N[C@@H]4CCNC4)cc3OC)ncc2N(C)C1=O. The van der Waals surface area contributed by atoms with E-state index >= 15 is 0 Å². The van der Waals surface area contributed by atoms with Crippen LogP contribution in [0.4, 0.5) is 23.1 Å². The lowest BCUT2D eigenvalue weighted by Crippen LogP contribution is -2.41. The van der Waals surface area contributed by atoms with Gasteiger partial charge < -0.3 is 30.5 Å². The highest BCUT2D eigenvalue weighted by Crippen LogP contribution is 2.38. The fourth-order valence-electron chi connectivity index (χ4n) is 5.86. The van der Waals surface area contributed by atoms with Gasteiger partial charge in [-0.2, -0.15) is 4.98 Å². The van der Waals surface area contributed by atoms with Crippen molar-refractivity contribution in [2.24, 2.45) is 5.92 Å². The second-order valence-corrected chi connectivity index (χ2v) is 10.7. The molecule has 1 saturated carbocycles. The number of nitrogens with one attached hydrogen (secondary N) is 3. The number of amides is 2. The van der Waals surface area contributed by atoms with Gasteiger partial charge in [0.25, 0.3) is 5.91 Å². The highest BCUT2D eigenvalue weighted by Gasteiger charge is 2.36. The Hall–Kier alpha value is -3.66. The largest absolute Gasteiger partial charge is 0.495 e. The van der Waals surface area contributed by atoms with Crippen LogP contribution in [-0.2, 0) is 4.79 Å². The Morgan fingerprint density at radius 2 is 2.08 bits per heavy atom. The molecule has 208 valence electrons. The van der Waals surface area contributed by atoms with E-state index in [0.29, 0.717) is 47.6 Å². The number of carbonyl (C=O) groups excluding carboxylic acids is 2. The van der Waals surface area contributed by atoms with Crippen molar-refractivity contribution in [1.29, 1.82) is 0 Å². The van der Waals surface area contributed by atoms with Crippen LogP contribution in [0.1, 0.15) is 55.3 Å². The van der Waals surface area contributed by atoms with E-state index in [1.807, 2.05) is 12.1 Å². The van der Waals surface area contributed by atoms with Gasteiger partial charge in [-0.1, -0.05) is 25.3 Å². The number of methoxy groups -OCH3 is 1. The van der Waals surface area contributed by atoms with Gasteiger partial charge in [-0.05, 0) is 50.4 Å². The van der Waals surface area contributed by atoms with E-state index in [1.54, 1.807) is 37.4 Å². The van der Waals surface area contributed by atoms with E-state index in [2.05, 4.69) is 32.4 Å². The molecule has 1 unspecified atom stereocenters. The minimum atomic E-state index is -0.182. The first-order valence-electron chi connectivity index (χ1n) is 14.0. The predicted octanol–water partition coefficient (Wildman–Crippen LogP) is 3.63. The Balaban J connectivity index is 1.42. The highest BCUT2D eigenvalue weighted by atomic mass is 16.5. The molecule has 0 radical (unpaired) electrons. The van der Waals surface area contributed by atoms with Crippen molar-refractivity contribution in [2.75, 3.05) is 48.9 Å². The van der Waals surface area contributed by atoms with Crippen LogP contribution in [0.15, 0.2) is 37.1 Å². The maximum atomic E-state index is 13.3. The lowest BCUT2D eigenvalue weighted by molar-refractivity contribution is -0.121. The summed E-state index contributed by atoms with van der Waals surface area (Å²) < 4.78 is 5.62. The number of fused-ring (bicyclic) bond motifs is 1. The minimum Gasteiger partial charge on any atom is -0.495 e. The zero-order valence-corrected chi connectivity index (χ0v) is 22.9. The quantitative estimate of drug-likeness (QED) is 0.441. The molecule has 5 rings (SSSR count). The Bertz CT molecular complexity index is 1210. The van der Waals surface area contributed by atoms with Gasteiger partial charge in [-0.3, -0.25) is 9.59 Å². The molecule has 3 heterocycles. The number of carbonyl (C=O) groups is 2. The van der Waals surface area contributed by atoms with Gasteiger partial charge in [-0.25, -0.2) is 4.98 Å². The summed E-state index contributed by atoms with van der Waals surface area (Å²) in [6, 6.07) is 5.77. The number of nitrogens with zero attached hydrogens (tertiary/aromatic N) is 4. The number of aromatic nitrogens is 2. The average molecular weight is 534 g/mol. The summed E-state index contributed by atoms with van der Waals surface area (Å²) in [4.78, 5) is 39.6. The molecule has 3 N–H and O–H groups in total. The average Bonchev–Trinajstić information content (AvgIpc) is 3.45.